The first-order chi connectivity index (χ1) is 15.1. The highest BCUT2D eigenvalue weighted by molar-refractivity contribution is 7.89. The molecule has 1 aromatic carbocycles. The second-order valence-electron chi connectivity index (χ2n) is 9.09. The van der Waals surface area contributed by atoms with Crippen LogP contribution in [0.1, 0.15) is 52.9 Å². The van der Waals surface area contributed by atoms with Crippen LogP contribution in [0.5, 0.6) is 0 Å². The minimum Gasteiger partial charge on any atom is -0.452 e. The summed E-state index contributed by atoms with van der Waals surface area (Å²) in [4.78, 5) is 25.1. The van der Waals surface area contributed by atoms with E-state index in [4.69, 9.17) is 4.74 Å². The maximum absolute atomic E-state index is 13.1. The van der Waals surface area contributed by atoms with Crippen molar-refractivity contribution in [2.45, 2.75) is 69.9 Å². The molecule has 1 N–H and O–H groups in total. The molecule has 0 aromatic heterocycles. The van der Waals surface area contributed by atoms with Crippen LogP contribution in [-0.2, 0) is 24.3 Å². The lowest BCUT2D eigenvalue weighted by Crippen LogP contribution is -2.48. The van der Waals surface area contributed by atoms with Gasteiger partial charge in [-0.3, -0.25) is 9.59 Å². The third kappa shape index (κ3) is 5.67. The number of halogens is 1. The molecule has 3 rings (SSSR count). The predicted molar refractivity (Wildman–Crippen MR) is 118 cm³/mol. The largest absolute Gasteiger partial charge is 0.452 e. The van der Waals surface area contributed by atoms with E-state index in [1.54, 1.807) is 6.92 Å². The van der Waals surface area contributed by atoms with Gasteiger partial charge in [0.2, 0.25) is 10.0 Å². The highest BCUT2D eigenvalue weighted by atomic mass is 32.2. The molecular formula is C23H33FN2O5S. The molecule has 2 fully saturated rings. The number of hydrogen-bond donors (Lipinski definition) is 1. The van der Waals surface area contributed by atoms with Crippen LogP contribution in [0.2, 0.25) is 0 Å². The molecule has 1 heterocycles. The summed E-state index contributed by atoms with van der Waals surface area (Å²) in [5.74, 6) is -0.807. The quantitative estimate of drug-likeness (QED) is 0.648. The van der Waals surface area contributed by atoms with Crippen molar-refractivity contribution in [3.05, 3.63) is 30.1 Å². The molecule has 0 spiro atoms. The summed E-state index contributed by atoms with van der Waals surface area (Å²) in [6, 6.07) is 4.78. The molecular weight excluding hydrogens is 435 g/mol. The van der Waals surface area contributed by atoms with E-state index < -0.39 is 33.8 Å². The fourth-order valence-corrected chi connectivity index (χ4v) is 5.97. The summed E-state index contributed by atoms with van der Waals surface area (Å²) in [5.41, 5.74) is 0. The van der Waals surface area contributed by atoms with Crippen molar-refractivity contribution in [2.24, 2.45) is 17.8 Å². The molecule has 1 amide bonds. The molecule has 1 aliphatic carbocycles. The van der Waals surface area contributed by atoms with E-state index in [1.165, 1.54) is 16.4 Å². The van der Waals surface area contributed by atoms with E-state index in [0.29, 0.717) is 24.7 Å². The first kappa shape index (κ1) is 24.6. The summed E-state index contributed by atoms with van der Waals surface area (Å²) >= 11 is 0. The number of carbonyl (C=O) groups is 2. The molecule has 1 saturated carbocycles. The fourth-order valence-electron chi connectivity index (χ4n) is 4.50. The van der Waals surface area contributed by atoms with Gasteiger partial charge in [0.1, 0.15) is 5.82 Å². The molecule has 4 atom stereocenters. The van der Waals surface area contributed by atoms with Gasteiger partial charge in [0.25, 0.3) is 5.91 Å². The van der Waals surface area contributed by atoms with Gasteiger partial charge in [0.15, 0.2) is 6.10 Å². The van der Waals surface area contributed by atoms with Crippen LogP contribution in [0.4, 0.5) is 4.39 Å². The van der Waals surface area contributed by atoms with Gasteiger partial charge < -0.3 is 10.1 Å². The Kier molecular flexibility index (Phi) is 7.92. The van der Waals surface area contributed by atoms with E-state index in [9.17, 15) is 22.4 Å². The maximum Gasteiger partial charge on any atom is 0.309 e. The third-order valence-corrected chi connectivity index (χ3v) is 8.85. The van der Waals surface area contributed by atoms with Crippen molar-refractivity contribution in [3.8, 4) is 0 Å². The van der Waals surface area contributed by atoms with Crippen LogP contribution in [0.25, 0.3) is 0 Å². The zero-order chi connectivity index (χ0) is 23.5. The number of hydrogen-bond acceptors (Lipinski definition) is 5. The Morgan fingerprint density at radius 3 is 2.34 bits per heavy atom. The predicted octanol–water partition coefficient (Wildman–Crippen LogP) is 3.10. The van der Waals surface area contributed by atoms with Crippen molar-refractivity contribution in [1.82, 2.24) is 9.62 Å². The highest BCUT2D eigenvalue weighted by Gasteiger charge is 2.35. The molecule has 2 aliphatic rings. The molecule has 32 heavy (non-hydrogen) atoms. The van der Waals surface area contributed by atoms with Crippen LogP contribution in [0, 0.1) is 23.6 Å². The first-order valence-electron chi connectivity index (χ1n) is 11.4. The molecule has 1 aliphatic heterocycles. The number of sulfonamides is 1. The summed E-state index contributed by atoms with van der Waals surface area (Å²) in [7, 11) is -3.74. The maximum atomic E-state index is 13.1. The van der Waals surface area contributed by atoms with Crippen LogP contribution in [0.3, 0.4) is 0 Å². The molecule has 0 bridgehead atoms. The van der Waals surface area contributed by atoms with Gasteiger partial charge in [-0.25, -0.2) is 12.8 Å². The second-order valence-corrected chi connectivity index (χ2v) is 11.0. The zero-order valence-electron chi connectivity index (χ0n) is 18.9. The average molecular weight is 469 g/mol. The van der Waals surface area contributed by atoms with Crippen molar-refractivity contribution in [3.63, 3.8) is 0 Å². The number of rotatable bonds is 6. The Hall–Kier alpha value is -2.00. The van der Waals surface area contributed by atoms with Gasteiger partial charge in [-0.2, -0.15) is 4.31 Å². The minimum absolute atomic E-state index is 0.0245. The Bertz CT molecular complexity index is 913. The van der Waals surface area contributed by atoms with Crippen LogP contribution in [-0.4, -0.2) is 49.8 Å². The molecule has 1 aromatic rings. The summed E-state index contributed by atoms with van der Waals surface area (Å²) < 4.78 is 45.2. The minimum atomic E-state index is -3.74. The van der Waals surface area contributed by atoms with E-state index in [0.717, 1.165) is 31.4 Å². The lowest BCUT2D eigenvalue weighted by Gasteiger charge is -2.35. The fraction of sp³-hybridized carbons (Fsp3) is 0.652. The monoisotopic (exact) mass is 468 g/mol. The number of nitrogens with zero attached hydrogens (tertiary/aromatic N) is 1. The van der Waals surface area contributed by atoms with Gasteiger partial charge in [-0.1, -0.05) is 26.7 Å². The summed E-state index contributed by atoms with van der Waals surface area (Å²) in [5, 5.41) is 3.03. The number of ether oxygens (including phenoxy) is 1. The average Bonchev–Trinajstić information content (AvgIpc) is 2.77. The standard InChI is InChI=1S/C23H33FN2O5S/c1-15-5-4-6-21(16(15)2)25-22(27)17(3)31-23(28)18-11-13-26(14-12-18)32(29,30)20-9-7-19(24)8-10-20/h7-10,15-18,21H,4-6,11-14H2,1-3H3,(H,25,27)/t15-,16-,17-,21+/m0/s1. The van der Waals surface area contributed by atoms with E-state index >= 15 is 0 Å². The van der Waals surface area contributed by atoms with E-state index in [1.807, 2.05) is 0 Å². The third-order valence-electron chi connectivity index (χ3n) is 6.94. The Balaban J connectivity index is 1.49. The van der Waals surface area contributed by atoms with Gasteiger partial charge in [-0.05, 0) is 62.3 Å². The number of nitrogens with one attached hydrogen (secondary N) is 1. The first-order valence-corrected chi connectivity index (χ1v) is 12.8. The van der Waals surface area contributed by atoms with Crippen molar-refractivity contribution < 1.29 is 27.1 Å². The number of piperidine rings is 1. The lowest BCUT2D eigenvalue weighted by molar-refractivity contribution is -0.160. The summed E-state index contributed by atoms with van der Waals surface area (Å²) in [6.45, 7) is 6.22. The smallest absolute Gasteiger partial charge is 0.309 e. The number of amides is 1. The molecule has 7 nitrogen and oxygen atoms in total. The molecule has 0 unspecified atom stereocenters. The number of esters is 1. The van der Waals surface area contributed by atoms with Crippen molar-refractivity contribution in [2.75, 3.05) is 13.1 Å². The molecule has 1 saturated heterocycles. The van der Waals surface area contributed by atoms with E-state index in [-0.39, 0.29) is 29.9 Å². The molecule has 178 valence electrons. The highest BCUT2D eigenvalue weighted by Crippen LogP contribution is 2.30. The number of carbonyl (C=O) groups excluding carboxylic acids is 2. The molecule has 9 heteroatoms. The Morgan fingerprint density at radius 1 is 1.09 bits per heavy atom. The second kappa shape index (κ2) is 10.3. The van der Waals surface area contributed by atoms with Crippen LogP contribution in [0.15, 0.2) is 29.2 Å². The summed E-state index contributed by atoms with van der Waals surface area (Å²) in [6.07, 6.45) is 2.89. The Labute approximate surface area is 189 Å². The molecule has 0 radical (unpaired) electrons. The van der Waals surface area contributed by atoms with Gasteiger partial charge in [0, 0.05) is 19.1 Å². The normalized spacial score (nSPS) is 26.3. The Morgan fingerprint density at radius 2 is 1.72 bits per heavy atom. The van der Waals surface area contributed by atoms with Crippen LogP contribution >= 0.6 is 0 Å². The van der Waals surface area contributed by atoms with Gasteiger partial charge >= 0.3 is 5.97 Å². The number of benzene rings is 1. The van der Waals surface area contributed by atoms with Gasteiger partial charge in [0.05, 0.1) is 10.8 Å². The SMILES string of the molecule is C[C@H]1[C@@H](C)CCC[C@H]1NC(=O)[C@H](C)OC(=O)C1CCN(S(=O)(=O)c2ccc(F)cc2)CC1. The van der Waals surface area contributed by atoms with Crippen molar-refractivity contribution in [1.29, 1.82) is 0 Å². The van der Waals surface area contributed by atoms with Crippen LogP contribution < -0.4 is 5.32 Å². The zero-order valence-corrected chi connectivity index (χ0v) is 19.7. The topological polar surface area (TPSA) is 92.8 Å². The van der Waals surface area contributed by atoms with E-state index in [2.05, 4.69) is 19.2 Å². The van der Waals surface area contributed by atoms with Gasteiger partial charge in [-0.15, -0.1) is 0 Å². The lowest BCUT2D eigenvalue weighted by atomic mass is 9.78. The van der Waals surface area contributed by atoms with Crippen molar-refractivity contribution >= 4 is 21.9 Å².